The Morgan fingerprint density at radius 3 is 2.45 bits per heavy atom. The van der Waals surface area contributed by atoms with Crippen LogP contribution in [0.25, 0.3) is 0 Å². The summed E-state index contributed by atoms with van der Waals surface area (Å²) >= 11 is 0. The van der Waals surface area contributed by atoms with Gasteiger partial charge in [-0.25, -0.2) is 17.6 Å². The molecule has 0 fully saturated rings. The molecule has 0 radical (unpaired) electrons. The van der Waals surface area contributed by atoms with E-state index in [2.05, 4.69) is 15.8 Å². The molecule has 15 heteroatoms. The Labute approximate surface area is 286 Å². The minimum atomic E-state index is -3.97. The minimum Gasteiger partial charge on any atom is -0.490 e. The molecule has 0 saturated heterocycles. The number of aliphatic hydroxyl groups is 1. The van der Waals surface area contributed by atoms with E-state index in [1.165, 1.54) is 46.6 Å². The van der Waals surface area contributed by atoms with Gasteiger partial charge in [-0.05, 0) is 89.4 Å². The lowest BCUT2D eigenvalue weighted by Crippen LogP contribution is -2.48. The Hall–Kier alpha value is -4.05. The molecule has 3 aromatic rings. The molecule has 4 rings (SSSR count). The van der Waals surface area contributed by atoms with Crippen molar-refractivity contribution in [3.05, 3.63) is 65.3 Å². The van der Waals surface area contributed by atoms with E-state index in [-0.39, 0.29) is 53.6 Å². The van der Waals surface area contributed by atoms with Crippen molar-refractivity contribution in [3.63, 3.8) is 0 Å². The molecule has 2 heterocycles. The molecule has 13 nitrogen and oxygen atoms in total. The summed E-state index contributed by atoms with van der Waals surface area (Å²) in [5, 5.41) is 19.3. The number of carbonyl (C=O) groups is 2. The number of ether oxygens (including phenoxy) is 2. The number of nitrogens with zero attached hydrogens (tertiary/aromatic N) is 3. The topological polar surface area (TPSA) is 164 Å². The first-order chi connectivity index (χ1) is 23.2. The molecule has 0 aliphatic carbocycles. The quantitative estimate of drug-likeness (QED) is 0.287. The number of anilines is 2. The van der Waals surface area contributed by atoms with Crippen LogP contribution in [-0.4, -0.2) is 91.4 Å². The summed E-state index contributed by atoms with van der Waals surface area (Å²) in [7, 11) is -2.50. The van der Waals surface area contributed by atoms with Crippen LogP contribution in [-0.2, 0) is 14.8 Å². The lowest BCUT2D eigenvalue weighted by Gasteiger charge is -2.35. The number of hydrogen-bond donors (Lipinski definition) is 3. The lowest BCUT2D eigenvalue weighted by molar-refractivity contribution is -0.00835. The maximum Gasteiger partial charge on any atom is 0.323 e. The SMILES string of the molecule is Cc1noc(C)c1S(=O)(=O)N(C)C[C@H]1OCCCC[C@H](C)Oc2ccc(NC(=O)Nc3ccc(F)cc3)cc2C(=O)N([C@H](C)CO)C[C@@H]1C. The summed E-state index contributed by atoms with van der Waals surface area (Å²) in [6.45, 7) is 8.73. The lowest BCUT2D eigenvalue weighted by atomic mass is 10.0. The number of carbonyl (C=O) groups excluding carboxylic acids is 2. The summed E-state index contributed by atoms with van der Waals surface area (Å²) in [6, 6.07) is 8.82. The number of nitrogens with one attached hydrogen (secondary N) is 2. The van der Waals surface area contributed by atoms with E-state index in [0.29, 0.717) is 36.6 Å². The number of benzene rings is 2. The van der Waals surface area contributed by atoms with Gasteiger partial charge < -0.3 is 34.6 Å². The maximum absolute atomic E-state index is 14.3. The van der Waals surface area contributed by atoms with Crippen LogP contribution in [0.1, 0.15) is 61.8 Å². The molecular weight excluding hydrogens is 657 g/mol. The van der Waals surface area contributed by atoms with Gasteiger partial charge in [0.15, 0.2) is 5.76 Å². The molecule has 3 N–H and O–H groups in total. The van der Waals surface area contributed by atoms with Gasteiger partial charge in [0.05, 0.1) is 30.4 Å². The average Bonchev–Trinajstić information content (AvgIpc) is 3.41. The standard InChI is InChI=1S/C34H46FN5O8S/c1-21-18-40(22(2)20-41)33(42)29-17-28(37-34(43)36-27-12-10-26(35)11-13-27)14-15-30(29)47-23(3)9-7-8-16-46-31(21)19-39(6)49(44,45)32-24(4)38-48-25(32)5/h10-15,17,21-23,31,41H,7-9,16,18-20H2,1-6H3,(H2,36,37,43)/t21-,22+,23-,31+/m0/s1. The number of rotatable bonds is 8. The molecule has 268 valence electrons. The normalized spacial score (nSPS) is 20.2. The number of halogens is 1. The van der Waals surface area contributed by atoms with E-state index in [1.54, 1.807) is 32.9 Å². The Balaban J connectivity index is 1.63. The fourth-order valence-corrected chi connectivity index (χ4v) is 7.11. The number of urea groups is 1. The molecule has 0 unspecified atom stereocenters. The number of fused-ring (bicyclic) bond motifs is 1. The summed E-state index contributed by atoms with van der Waals surface area (Å²) in [4.78, 5) is 28.6. The van der Waals surface area contributed by atoms with Crippen LogP contribution in [0.3, 0.4) is 0 Å². The fourth-order valence-electron chi connectivity index (χ4n) is 5.64. The summed E-state index contributed by atoms with van der Waals surface area (Å²) in [5.74, 6) is -0.762. The average molecular weight is 704 g/mol. The third-order valence-electron chi connectivity index (χ3n) is 8.48. The highest BCUT2D eigenvalue weighted by molar-refractivity contribution is 7.89. The Bertz CT molecular complexity index is 1680. The minimum absolute atomic E-state index is 0.00354. The first-order valence-corrected chi connectivity index (χ1v) is 17.7. The zero-order valence-corrected chi connectivity index (χ0v) is 29.5. The maximum atomic E-state index is 14.3. The van der Waals surface area contributed by atoms with Crippen molar-refractivity contribution in [2.24, 2.45) is 5.92 Å². The van der Waals surface area contributed by atoms with Gasteiger partial charge in [0.1, 0.15) is 22.2 Å². The van der Waals surface area contributed by atoms with E-state index >= 15 is 0 Å². The van der Waals surface area contributed by atoms with E-state index in [0.717, 1.165) is 6.42 Å². The van der Waals surface area contributed by atoms with Crippen molar-refractivity contribution in [1.29, 1.82) is 0 Å². The van der Waals surface area contributed by atoms with Crippen molar-refractivity contribution in [2.45, 2.75) is 77.0 Å². The highest BCUT2D eigenvalue weighted by Crippen LogP contribution is 2.29. The number of aryl methyl sites for hydroxylation is 2. The van der Waals surface area contributed by atoms with Gasteiger partial charge in [0.25, 0.3) is 5.91 Å². The van der Waals surface area contributed by atoms with Gasteiger partial charge in [-0.2, -0.15) is 4.31 Å². The van der Waals surface area contributed by atoms with E-state index in [4.69, 9.17) is 14.0 Å². The zero-order valence-electron chi connectivity index (χ0n) is 28.7. The second kappa shape index (κ2) is 16.6. The third-order valence-corrected chi connectivity index (χ3v) is 10.6. The Morgan fingerprint density at radius 1 is 1.12 bits per heavy atom. The van der Waals surface area contributed by atoms with Crippen molar-refractivity contribution in [3.8, 4) is 5.75 Å². The number of amides is 3. The molecule has 49 heavy (non-hydrogen) atoms. The molecular formula is C34H46FN5O8S. The molecule has 0 bridgehead atoms. The molecule has 1 aliphatic rings. The van der Waals surface area contributed by atoms with Crippen LogP contribution in [0.15, 0.2) is 51.9 Å². The van der Waals surface area contributed by atoms with Gasteiger partial charge in [0.2, 0.25) is 10.0 Å². The highest BCUT2D eigenvalue weighted by Gasteiger charge is 2.34. The number of hydrogen-bond acceptors (Lipinski definition) is 9. The first kappa shape index (κ1) is 37.8. The largest absolute Gasteiger partial charge is 0.490 e. The monoisotopic (exact) mass is 703 g/mol. The molecule has 2 aromatic carbocycles. The summed E-state index contributed by atoms with van der Waals surface area (Å²) < 4.78 is 59.3. The van der Waals surface area contributed by atoms with Crippen LogP contribution < -0.4 is 15.4 Å². The van der Waals surface area contributed by atoms with Crippen LogP contribution in [0.4, 0.5) is 20.6 Å². The zero-order chi connectivity index (χ0) is 35.9. The van der Waals surface area contributed by atoms with E-state index in [9.17, 15) is 27.5 Å². The molecule has 3 amide bonds. The highest BCUT2D eigenvalue weighted by atomic mass is 32.2. The predicted octanol–water partition coefficient (Wildman–Crippen LogP) is 5.19. The number of likely N-dealkylation sites (N-methyl/N-ethyl adjacent to an activating group) is 1. The third kappa shape index (κ3) is 9.56. The number of aliphatic hydroxyl groups excluding tert-OH is 1. The molecule has 4 atom stereocenters. The van der Waals surface area contributed by atoms with Crippen LogP contribution in [0.5, 0.6) is 5.75 Å². The van der Waals surface area contributed by atoms with Crippen LogP contribution in [0, 0.1) is 25.6 Å². The summed E-state index contributed by atoms with van der Waals surface area (Å²) in [6.07, 6.45) is 1.25. The van der Waals surface area contributed by atoms with Gasteiger partial charge in [-0.15, -0.1) is 0 Å². The van der Waals surface area contributed by atoms with Crippen molar-refractivity contribution >= 4 is 33.3 Å². The Kier molecular flexibility index (Phi) is 12.8. The fraction of sp³-hybridized carbons (Fsp3) is 0.500. The van der Waals surface area contributed by atoms with Crippen LogP contribution in [0.2, 0.25) is 0 Å². The second-order valence-electron chi connectivity index (χ2n) is 12.5. The van der Waals surface area contributed by atoms with Gasteiger partial charge >= 0.3 is 6.03 Å². The number of sulfonamides is 1. The molecule has 0 saturated carbocycles. The van der Waals surface area contributed by atoms with Crippen molar-refractivity contribution in [1.82, 2.24) is 14.4 Å². The first-order valence-electron chi connectivity index (χ1n) is 16.3. The van der Waals surface area contributed by atoms with E-state index < -0.39 is 39.9 Å². The predicted molar refractivity (Wildman–Crippen MR) is 182 cm³/mol. The Morgan fingerprint density at radius 2 is 1.80 bits per heavy atom. The van der Waals surface area contributed by atoms with Crippen molar-refractivity contribution in [2.75, 3.05) is 44.0 Å². The molecule has 0 spiro atoms. The smallest absolute Gasteiger partial charge is 0.323 e. The van der Waals surface area contributed by atoms with E-state index in [1.807, 2.05) is 13.8 Å². The van der Waals surface area contributed by atoms with Crippen LogP contribution >= 0.6 is 0 Å². The van der Waals surface area contributed by atoms with Gasteiger partial charge in [0, 0.05) is 44.0 Å². The van der Waals surface area contributed by atoms with Crippen molar-refractivity contribution < 1.29 is 41.5 Å². The molecule has 1 aromatic heterocycles. The second-order valence-corrected chi connectivity index (χ2v) is 14.5. The molecule has 1 aliphatic heterocycles. The van der Waals surface area contributed by atoms with Gasteiger partial charge in [-0.3, -0.25) is 4.79 Å². The van der Waals surface area contributed by atoms with Gasteiger partial charge in [-0.1, -0.05) is 12.1 Å². The summed E-state index contributed by atoms with van der Waals surface area (Å²) in [5.41, 5.74) is 1.12. The number of aromatic nitrogens is 1.